The summed E-state index contributed by atoms with van der Waals surface area (Å²) < 4.78 is 0. The molecule has 1 aromatic rings. The molecule has 0 atom stereocenters. The van der Waals surface area contributed by atoms with Gasteiger partial charge in [-0.1, -0.05) is 13.0 Å². The number of piperidine rings is 1. The number of aliphatic hydroxyl groups is 1. The van der Waals surface area contributed by atoms with Gasteiger partial charge in [-0.15, -0.1) is 0 Å². The molecule has 0 aromatic heterocycles. The normalized spacial score (nSPS) is 15.9. The van der Waals surface area contributed by atoms with Crippen molar-refractivity contribution in [2.24, 2.45) is 5.92 Å². The van der Waals surface area contributed by atoms with Gasteiger partial charge in [0.1, 0.15) is 0 Å². The summed E-state index contributed by atoms with van der Waals surface area (Å²) in [7, 11) is 1.67. The number of carbonyl (C=O) groups is 1. The molecule has 1 fully saturated rings. The van der Waals surface area contributed by atoms with Crippen molar-refractivity contribution in [1.82, 2.24) is 4.90 Å². The molecule has 5 heteroatoms. The second kappa shape index (κ2) is 7.31. The van der Waals surface area contributed by atoms with Gasteiger partial charge < -0.3 is 20.2 Å². The molecule has 1 aliphatic rings. The molecular formula is C16H25N3O2. The van der Waals surface area contributed by atoms with Crippen LogP contribution in [0.5, 0.6) is 0 Å². The second-order valence-corrected chi connectivity index (χ2v) is 5.80. The molecule has 2 amide bonds. The summed E-state index contributed by atoms with van der Waals surface area (Å²) in [6.07, 6.45) is 2.44. The predicted molar refractivity (Wildman–Crippen MR) is 85.8 cm³/mol. The topological polar surface area (TPSA) is 55.8 Å². The molecule has 1 saturated heterocycles. The molecular weight excluding hydrogens is 266 g/mol. The van der Waals surface area contributed by atoms with Gasteiger partial charge in [0.2, 0.25) is 0 Å². The summed E-state index contributed by atoms with van der Waals surface area (Å²) in [5.41, 5.74) is 1.95. The molecule has 2 N–H and O–H groups in total. The molecule has 0 saturated carbocycles. The number of aliphatic hydroxyl groups excluding tert-OH is 1. The minimum atomic E-state index is -0.200. The highest BCUT2D eigenvalue weighted by Crippen LogP contribution is 2.25. The van der Waals surface area contributed by atoms with Crippen LogP contribution in [0, 0.1) is 5.92 Å². The molecule has 0 radical (unpaired) electrons. The first-order valence-electron chi connectivity index (χ1n) is 7.58. The first kappa shape index (κ1) is 15.6. The third kappa shape index (κ3) is 4.36. The first-order valence-corrected chi connectivity index (χ1v) is 7.58. The van der Waals surface area contributed by atoms with Crippen molar-refractivity contribution in [3.8, 4) is 0 Å². The second-order valence-electron chi connectivity index (χ2n) is 5.80. The average Bonchev–Trinajstić information content (AvgIpc) is 2.48. The minimum absolute atomic E-state index is 0.0318. The van der Waals surface area contributed by atoms with Gasteiger partial charge in [0.05, 0.1) is 6.61 Å². The Bertz CT molecular complexity index is 470. The maximum absolute atomic E-state index is 11.9. The zero-order valence-corrected chi connectivity index (χ0v) is 12.9. The molecule has 1 aliphatic heterocycles. The van der Waals surface area contributed by atoms with Gasteiger partial charge in [-0.25, -0.2) is 4.79 Å². The minimum Gasteiger partial charge on any atom is -0.395 e. The Morgan fingerprint density at radius 3 is 2.81 bits per heavy atom. The number of benzene rings is 1. The van der Waals surface area contributed by atoms with E-state index in [4.69, 9.17) is 5.11 Å². The Balaban J connectivity index is 1.99. The Labute approximate surface area is 126 Å². The highest BCUT2D eigenvalue weighted by Gasteiger charge is 2.16. The maximum atomic E-state index is 11.9. The van der Waals surface area contributed by atoms with E-state index in [1.807, 2.05) is 18.2 Å². The number of hydrogen-bond acceptors (Lipinski definition) is 3. The molecule has 0 bridgehead atoms. The van der Waals surface area contributed by atoms with Crippen molar-refractivity contribution in [2.75, 3.05) is 43.5 Å². The van der Waals surface area contributed by atoms with Gasteiger partial charge in [0.25, 0.3) is 0 Å². The highest BCUT2D eigenvalue weighted by molar-refractivity contribution is 5.89. The Hall–Kier alpha value is -1.75. The fraction of sp³-hybridized carbons (Fsp3) is 0.562. The van der Waals surface area contributed by atoms with E-state index in [2.05, 4.69) is 23.2 Å². The van der Waals surface area contributed by atoms with Crippen molar-refractivity contribution in [3.05, 3.63) is 24.3 Å². The number of nitrogens with zero attached hydrogens (tertiary/aromatic N) is 2. The van der Waals surface area contributed by atoms with Crippen molar-refractivity contribution >= 4 is 17.4 Å². The van der Waals surface area contributed by atoms with E-state index in [1.54, 1.807) is 7.05 Å². The van der Waals surface area contributed by atoms with Crippen molar-refractivity contribution < 1.29 is 9.90 Å². The van der Waals surface area contributed by atoms with Gasteiger partial charge in [-0.05, 0) is 37.0 Å². The van der Waals surface area contributed by atoms with E-state index in [1.165, 1.54) is 17.7 Å². The van der Waals surface area contributed by atoms with Gasteiger partial charge in [-0.2, -0.15) is 0 Å². The number of amides is 2. The number of carbonyl (C=O) groups excluding carboxylic acids is 1. The van der Waals surface area contributed by atoms with Crippen LogP contribution < -0.4 is 10.2 Å². The Morgan fingerprint density at radius 1 is 1.43 bits per heavy atom. The van der Waals surface area contributed by atoms with E-state index in [0.717, 1.165) is 30.4 Å². The summed E-state index contributed by atoms with van der Waals surface area (Å²) in [6, 6.07) is 7.76. The summed E-state index contributed by atoms with van der Waals surface area (Å²) in [4.78, 5) is 15.8. The summed E-state index contributed by atoms with van der Waals surface area (Å²) >= 11 is 0. The van der Waals surface area contributed by atoms with Crippen molar-refractivity contribution in [1.29, 1.82) is 0 Å². The van der Waals surface area contributed by atoms with Crippen LogP contribution >= 0.6 is 0 Å². The summed E-state index contributed by atoms with van der Waals surface area (Å²) in [5, 5.41) is 11.7. The number of nitrogens with one attached hydrogen (secondary N) is 1. The average molecular weight is 291 g/mol. The molecule has 2 rings (SSSR count). The number of urea groups is 1. The van der Waals surface area contributed by atoms with Crippen molar-refractivity contribution in [2.45, 2.75) is 19.8 Å². The van der Waals surface area contributed by atoms with Gasteiger partial charge >= 0.3 is 6.03 Å². The Kier molecular flexibility index (Phi) is 5.44. The van der Waals surface area contributed by atoms with E-state index in [0.29, 0.717) is 6.54 Å². The van der Waals surface area contributed by atoms with Crippen LogP contribution in [-0.4, -0.2) is 49.3 Å². The number of likely N-dealkylation sites (N-methyl/N-ethyl adjacent to an activating group) is 1. The van der Waals surface area contributed by atoms with Crippen LogP contribution in [0.2, 0.25) is 0 Å². The van der Waals surface area contributed by atoms with E-state index in [9.17, 15) is 4.79 Å². The molecule has 0 aliphatic carbocycles. The fourth-order valence-electron chi connectivity index (χ4n) is 2.52. The quantitative estimate of drug-likeness (QED) is 0.895. The predicted octanol–water partition coefficient (Wildman–Crippen LogP) is 2.38. The largest absolute Gasteiger partial charge is 0.395 e. The van der Waals surface area contributed by atoms with Crippen LogP contribution in [0.15, 0.2) is 24.3 Å². The third-order valence-electron chi connectivity index (χ3n) is 4.03. The van der Waals surface area contributed by atoms with Gasteiger partial charge in [0, 0.05) is 38.1 Å². The molecule has 1 aromatic carbocycles. The monoisotopic (exact) mass is 291 g/mol. The Morgan fingerprint density at radius 2 is 2.14 bits per heavy atom. The molecule has 1 heterocycles. The van der Waals surface area contributed by atoms with E-state index >= 15 is 0 Å². The lowest BCUT2D eigenvalue weighted by Gasteiger charge is -2.32. The zero-order chi connectivity index (χ0) is 15.2. The molecule has 0 unspecified atom stereocenters. The smallest absolute Gasteiger partial charge is 0.321 e. The lowest BCUT2D eigenvalue weighted by molar-refractivity contribution is 0.202. The SMILES string of the molecule is CC1CCN(c2cccc(NC(=O)N(C)CCO)c2)CC1. The summed E-state index contributed by atoms with van der Waals surface area (Å²) in [5.74, 6) is 0.802. The molecule has 116 valence electrons. The summed E-state index contributed by atoms with van der Waals surface area (Å²) in [6.45, 7) is 4.74. The number of anilines is 2. The fourth-order valence-corrected chi connectivity index (χ4v) is 2.52. The maximum Gasteiger partial charge on any atom is 0.321 e. The van der Waals surface area contributed by atoms with E-state index in [-0.39, 0.29) is 12.6 Å². The lowest BCUT2D eigenvalue weighted by atomic mass is 9.99. The number of rotatable bonds is 4. The van der Waals surface area contributed by atoms with Crippen LogP contribution in [0.25, 0.3) is 0 Å². The third-order valence-corrected chi connectivity index (χ3v) is 4.03. The van der Waals surface area contributed by atoms with Gasteiger partial charge in [0.15, 0.2) is 0 Å². The molecule has 21 heavy (non-hydrogen) atoms. The molecule has 5 nitrogen and oxygen atoms in total. The van der Waals surface area contributed by atoms with Gasteiger partial charge in [-0.3, -0.25) is 0 Å². The van der Waals surface area contributed by atoms with Crippen LogP contribution in [0.1, 0.15) is 19.8 Å². The zero-order valence-electron chi connectivity index (χ0n) is 12.9. The highest BCUT2D eigenvalue weighted by atomic mass is 16.3. The van der Waals surface area contributed by atoms with Crippen LogP contribution in [-0.2, 0) is 0 Å². The van der Waals surface area contributed by atoms with E-state index < -0.39 is 0 Å². The van der Waals surface area contributed by atoms with Crippen LogP contribution in [0.4, 0.5) is 16.2 Å². The number of hydrogen-bond donors (Lipinski definition) is 2. The standard InChI is InChI=1S/C16H25N3O2/c1-13-6-8-19(9-7-13)15-5-3-4-14(12-15)17-16(21)18(2)10-11-20/h3-5,12-13,20H,6-11H2,1-2H3,(H,17,21). The lowest BCUT2D eigenvalue weighted by Crippen LogP contribution is -2.34. The first-order chi connectivity index (χ1) is 10.1. The molecule has 0 spiro atoms. The van der Waals surface area contributed by atoms with Crippen LogP contribution in [0.3, 0.4) is 0 Å². The van der Waals surface area contributed by atoms with Crippen molar-refractivity contribution in [3.63, 3.8) is 0 Å².